The molecule has 1 unspecified atom stereocenters. The Balaban J connectivity index is 1.93. The van der Waals surface area contributed by atoms with Gasteiger partial charge in [0.1, 0.15) is 0 Å². The van der Waals surface area contributed by atoms with E-state index in [0.29, 0.717) is 26.4 Å². The van der Waals surface area contributed by atoms with Crippen LogP contribution >= 0.6 is 0 Å². The quantitative estimate of drug-likeness (QED) is 0.598. The molecule has 1 aliphatic rings. The van der Waals surface area contributed by atoms with Crippen molar-refractivity contribution in [3.63, 3.8) is 0 Å². The van der Waals surface area contributed by atoms with E-state index in [2.05, 4.69) is 0 Å². The van der Waals surface area contributed by atoms with E-state index in [9.17, 15) is 9.90 Å². The zero-order valence-corrected chi connectivity index (χ0v) is 9.85. The first-order valence-electron chi connectivity index (χ1n) is 5.76. The first-order chi connectivity index (χ1) is 7.74. The molecule has 1 amide bonds. The van der Waals surface area contributed by atoms with Crippen LogP contribution in [0.3, 0.4) is 0 Å². The predicted octanol–water partition coefficient (Wildman–Crippen LogP) is 0.0228. The maximum Gasteiger partial charge on any atom is 0.225 e. The van der Waals surface area contributed by atoms with Gasteiger partial charge in [-0.3, -0.25) is 4.79 Å². The van der Waals surface area contributed by atoms with Crippen LogP contribution in [0.2, 0.25) is 0 Å². The van der Waals surface area contributed by atoms with Crippen LogP contribution in [-0.2, 0) is 14.3 Å². The summed E-state index contributed by atoms with van der Waals surface area (Å²) in [6.07, 6.45) is 1.67. The molecule has 1 atom stereocenters. The topological polar surface area (TPSA) is 59.0 Å². The molecule has 1 fully saturated rings. The van der Waals surface area contributed by atoms with Crippen molar-refractivity contribution in [1.82, 2.24) is 4.90 Å². The zero-order chi connectivity index (χ0) is 11.8. The van der Waals surface area contributed by atoms with Crippen molar-refractivity contribution < 1.29 is 19.4 Å². The van der Waals surface area contributed by atoms with Gasteiger partial charge in [-0.2, -0.15) is 0 Å². The number of amides is 1. The Labute approximate surface area is 96.3 Å². The molecule has 0 saturated carbocycles. The van der Waals surface area contributed by atoms with Crippen molar-refractivity contribution >= 4 is 5.91 Å². The normalized spacial score (nSPS) is 20.8. The molecule has 0 aromatic rings. The fraction of sp³-hybridized carbons (Fsp3) is 0.909. The molecule has 1 rings (SSSR count). The standard InChI is InChI=1S/C11H21NO4/c1-15-6-7-16-5-3-2-4-12-9-10(13)8-11(12)14/h10,13H,2-9H2,1H3. The van der Waals surface area contributed by atoms with E-state index >= 15 is 0 Å². The molecule has 1 N–H and O–H groups in total. The molecule has 1 aliphatic heterocycles. The third-order valence-electron chi connectivity index (χ3n) is 2.59. The van der Waals surface area contributed by atoms with Crippen LogP contribution in [-0.4, -0.2) is 62.0 Å². The molecule has 0 spiro atoms. The Hall–Kier alpha value is -0.650. The number of β-amino-alcohol motifs (C(OH)–C–C–N with tert-alkyl or cyclic N) is 1. The molecule has 0 aliphatic carbocycles. The van der Waals surface area contributed by atoms with Gasteiger partial charge in [-0.1, -0.05) is 0 Å². The molecule has 0 radical (unpaired) electrons. The maximum absolute atomic E-state index is 11.3. The zero-order valence-electron chi connectivity index (χ0n) is 9.85. The maximum atomic E-state index is 11.3. The number of carbonyl (C=O) groups is 1. The number of nitrogens with zero attached hydrogens (tertiary/aromatic N) is 1. The minimum absolute atomic E-state index is 0.0628. The molecule has 5 nitrogen and oxygen atoms in total. The number of aliphatic hydroxyl groups excluding tert-OH is 1. The van der Waals surface area contributed by atoms with Crippen LogP contribution in [0.15, 0.2) is 0 Å². The summed E-state index contributed by atoms with van der Waals surface area (Å²) in [6, 6.07) is 0. The van der Waals surface area contributed by atoms with Crippen LogP contribution in [0.1, 0.15) is 19.3 Å². The average Bonchev–Trinajstić information content (AvgIpc) is 2.56. The lowest BCUT2D eigenvalue weighted by Gasteiger charge is -2.15. The van der Waals surface area contributed by atoms with Crippen molar-refractivity contribution in [2.45, 2.75) is 25.4 Å². The van der Waals surface area contributed by atoms with Gasteiger partial charge in [0.2, 0.25) is 5.91 Å². The molecule has 0 bridgehead atoms. The number of hydrogen-bond donors (Lipinski definition) is 1. The number of unbranched alkanes of at least 4 members (excludes halogenated alkanes) is 1. The number of hydrogen-bond acceptors (Lipinski definition) is 4. The number of rotatable bonds is 8. The van der Waals surface area contributed by atoms with Gasteiger partial charge in [-0.05, 0) is 12.8 Å². The molecular weight excluding hydrogens is 210 g/mol. The first kappa shape index (κ1) is 13.4. The first-order valence-corrected chi connectivity index (χ1v) is 5.76. The number of carbonyl (C=O) groups excluding carboxylic acids is 1. The largest absolute Gasteiger partial charge is 0.391 e. The molecule has 94 valence electrons. The Bertz CT molecular complexity index is 210. The van der Waals surface area contributed by atoms with Gasteiger partial charge in [0.15, 0.2) is 0 Å². The fourth-order valence-corrected chi connectivity index (χ4v) is 1.72. The van der Waals surface area contributed by atoms with Crippen LogP contribution < -0.4 is 0 Å². The molecule has 0 aromatic heterocycles. The van der Waals surface area contributed by atoms with E-state index in [-0.39, 0.29) is 12.3 Å². The third kappa shape index (κ3) is 4.92. The summed E-state index contributed by atoms with van der Waals surface area (Å²) in [6.45, 7) is 3.16. The Kier molecular flexibility index (Phi) is 6.37. The van der Waals surface area contributed by atoms with Crippen LogP contribution in [0, 0.1) is 0 Å². The summed E-state index contributed by atoms with van der Waals surface area (Å²) >= 11 is 0. The lowest BCUT2D eigenvalue weighted by molar-refractivity contribution is -0.127. The molecule has 16 heavy (non-hydrogen) atoms. The lowest BCUT2D eigenvalue weighted by atomic mass is 10.3. The van der Waals surface area contributed by atoms with Crippen molar-refractivity contribution in [1.29, 1.82) is 0 Å². The van der Waals surface area contributed by atoms with Gasteiger partial charge < -0.3 is 19.5 Å². The number of ether oxygens (including phenoxy) is 2. The Morgan fingerprint density at radius 3 is 2.81 bits per heavy atom. The molecular formula is C11H21NO4. The molecule has 1 heterocycles. The third-order valence-corrected chi connectivity index (χ3v) is 2.59. The monoisotopic (exact) mass is 231 g/mol. The second kappa shape index (κ2) is 7.60. The predicted molar refractivity (Wildman–Crippen MR) is 59.1 cm³/mol. The van der Waals surface area contributed by atoms with E-state index in [4.69, 9.17) is 9.47 Å². The van der Waals surface area contributed by atoms with Crippen molar-refractivity contribution in [3.05, 3.63) is 0 Å². The van der Waals surface area contributed by atoms with E-state index in [1.54, 1.807) is 12.0 Å². The highest BCUT2D eigenvalue weighted by atomic mass is 16.5. The number of likely N-dealkylation sites (tertiary alicyclic amines) is 1. The van der Waals surface area contributed by atoms with Crippen molar-refractivity contribution in [2.75, 3.05) is 40.0 Å². The lowest BCUT2D eigenvalue weighted by Crippen LogP contribution is -2.27. The van der Waals surface area contributed by atoms with Gasteiger partial charge in [0, 0.05) is 26.8 Å². The number of methoxy groups -OCH3 is 1. The summed E-state index contributed by atoms with van der Waals surface area (Å²) in [5.74, 6) is 0.0628. The van der Waals surface area contributed by atoms with E-state index in [0.717, 1.165) is 19.4 Å². The Morgan fingerprint density at radius 1 is 1.38 bits per heavy atom. The Morgan fingerprint density at radius 2 is 2.19 bits per heavy atom. The van der Waals surface area contributed by atoms with Crippen LogP contribution in [0.5, 0.6) is 0 Å². The van der Waals surface area contributed by atoms with E-state index < -0.39 is 6.10 Å². The fourth-order valence-electron chi connectivity index (χ4n) is 1.72. The highest BCUT2D eigenvalue weighted by Gasteiger charge is 2.26. The second-order valence-electron chi connectivity index (χ2n) is 4.01. The van der Waals surface area contributed by atoms with Crippen LogP contribution in [0.25, 0.3) is 0 Å². The number of aliphatic hydroxyl groups is 1. The highest BCUT2D eigenvalue weighted by molar-refractivity contribution is 5.78. The van der Waals surface area contributed by atoms with Gasteiger partial charge in [0.25, 0.3) is 0 Å². The molecule has 1 saturated heterocycles. The van der Waals surface area contributed by atoms with E-state index in [1.807, 2.05) is 0 Å². The average molecular weight is 231 g/mol. The summed E-state index contributed by atoms with van der Waals surface area (Å²) in [5, 5.41) is 9.27. The summed E-state index contributed by atoms with van der Waals surface area (Å²) in [7, 11) is 1.65. The summed E-state index contributed by atoms with van der Waals surface area (Å²) < 4.78 is 10.2. The summed E-state index contributed by atoms with van der Waals surface area (Å²) in [5.41, 5.74) is 0. The van der Waals surface area contributed by atoms with Crippen molar-refractivity contribution in [3.8, 4) is 0 Å². The summed E-state index contributed by atoms with van der Waals surface area (Å²) in [4.78, 5) is 13.0. The molecule has 0 aromatic carbocycles. The van der Waals surface area contributed by atoms with Crippen molar-refractivity contribution in [2.24, 2.45) is 0 Å². The van der Waals surface area contributed by atoms with Gasteiger partial charge in [0.05, 0.1) is 25.7 Å². The second-order valence-corrected chi connectivity index (χ2v) is 4.01. The minimum atomic E-state index is -0.467. The van der Waals surface area contributed by atoms with Gasteiger partial charge >= 0.3 is 0 Å². The van der Waals surface area contributed by atoms with Gasteiger partial charge in [-0.25, -0.2) is 0 Å². The SMILES string of the molecule is COCCOCCCCN1CC(O)CC1=O. The molecule has 5 heteroatoms. The smallest absolute Gasteiger partial charge is 0.225 e. The van der Waals surface area contributed by atoms with E-state index in [1.165, 1.54) is 0 Å². The van der Waals surface area contributed by atoms with Crippen LogP contribution in [0.4, 0.5) is 0 Å². The minimum Gasteiger partial charge on any atom is -0.391 e. The van der Waals surface area contributed by atoms with Gasteiger partial charge in [-0.15, -0.1) is 0 Å². The highest BCUT2D eigenvalue weighted by Crippen LogP contribution is 2.11.